The lowest BCUT2D eigenvalue weighted by molar-refractivity contribution is 0.0391. The lowest BCUT2D eigenvalue weighted by atomic mass is 9.87. The van der Waals surface area contributed by atoms with Crippen LogP contribution in [-0.2, 0) is 11.2 Å². The van der Waals surface area contributed by atoms with Crippen molar-refractivity contribution in [3.05, 3.63) is 52.3 Å². The van der Waals surface area contributed by atoms with Crippen molar-refractivity contribution < 1.29 is 18.7 Å². The summed E-state index contributed by atoms with van der Waals surface area (Å²) in [5, 5.41) is 0. The molecule has 2 aromatic rings. The number of ether oxygens (including phenoxy) is 2. The molecule has 0 fully saturated rings. The maximum Gasteiger partial charge on any atom is 0.405 e. The molecule has 1 aliphatic carbocycles. The van der Waals surface area contributed by atoms with E-state index in [4.69, 9.17) is 15.2 Å². The number of hydrogen-bond acceptors (Lipinski definition) is 3. The fourth-order valence-corrected chi connectivity index (χ4v) is 4.12. The highest BCUT2D eigenvalue weighted by molar-refractivity contribution is 5.70. The summed E-state index contributed by atoms with van der Waals surface area (Å²) in [5.41, 5.74) is 9.84. The van der Waals surface area contributed by atoms with E-state index in [1.807, 2.05) is 59.7 Å². The van der Waals surface area contributed by atoms with Gasteiger partial charge in [-0.2, -0.15) is 0 Å². The van der Waals surface area contributed by atoms with Gasteiger partial charge >= 0.3 is 6.09 Å². The Kier molecular flexibility index (Phi) is 5.13. The van der Waals surface area contributed by atoms with E-state index in [0.29, 0.717) is 17.5 Å². The molecule has 0 spiro atoms. The van der Waals surface area contributed by atoms with Gasteiger partial charge in [0.1, 0.15) is 17.7 Å². The SMILES string of the molecule is Cc1cc(-c2cc3c(cc2F)[C@H](OC(N)=O)C(C)(C)C3)cc(C)c1OC(C)C. The predicted octanol–water partition coefficient (Wildman–Crippen LogP) is 5.62. The van der Waals surface area contributed by atoms with Crippen molar-refractivity contribution in [1.29, 1.82) is 0 Å². The molecule has 3 rings (SSSR count). The van der Waals surface area contributed by atoms with E-state index in [2.05, 4.69) is 0 Å². The molecular weight excluding hydrogens is 357 g/mol. The predicted molar refractivity (Wildman–Crippen MR) is 108 cm³/mol. The van der Waals surface area contributed by atoms with Gasteiger partial charge in [-0.05, 0) is 86.2 Å². The molecular formula is C23H28FNO3. The van der Waals surface area contributed by atoms with Gasteiger partial charge in [-0.3, -0.25) is 0 Å². The first-order chi connectivity index (χ1) is 13.0. The molecule has 0 bridgehead atoms. The normalized spacial score (nSPS) is 17.5. The maximum absolute atomic E-state index is 15.1. The summed E-state index contributed by atoms with van der Waals surface area (Å²) in [6.07, 6.45) is -0.638. The number of amides is 1. The summed E-state index contributed by atoms with van der Waals surface area (Å²) in [7, 11) is 0. The number of halogens is 1. The van der Waals surface area contributed by atoms with Crippen molar-refractivity contribution in [2.75, 3.05) is 0 Å². The second kappa shape index (κ2) is 7.12. The summed E-state index contributed by atoms with van der Waals surface area (Å²) in [5.74, 6) is 0.502. The molecule has 1 atom stereocenters. The topological polar surface area (TPSA) is 61.5 Å². The third-order valence-corrected chi connectivity index (χ3v) is 5.23. The van der Waals surface area contributed by atoms with Crippen molar-refractivity contribution in [2.45, 2.75) is 60.2 Å². The number of primary amides is 1. The monoisotopic (exact) mass is 385 g/mol. The molecule has 0 radical (unpaired) electrons. The van der Waals surface area contributed by atoms with E-state index in [0.717, 1.165) is 28.0 Å². The highest BCUT2D eigenvalue weighted by atomic mass is 19.1. The van der Waals surface area contributed by atoms with Crippen LogP contribution < -0.4 is 10.5 Å². The molecule has 1 amide bonds. The van der Waals surface area contributed by atoms with Crippen LogP contribution in [0.3, 0.4) is 0 Å². The fourth-order valence-electron chi connectivity index (χ4n) is 4.12. The van der Waals surface area contributed by atoms with E-state index in [1.54, 1.807) is 0 Å². The minimum atomic E-state index is -0.845. The molecule has 0 saturated carbocycles. The van der Waals surface area contributed by atoms with Gasteiger partial charge in [0.05, 0.1) is 6.10 Å². The average molecular weight is 385 g/mol. The van der Waals surface area contributed by atoms with E-state index in [1.165, 1.54) is 6.07 Å². The van der Waals surface area contributed by atoms with Crippen LogP contribution in [0.15, 0.2) is 24.3 Å². The molecule has 0 saturated heterocycles. The molecule has 150 valence electrons. The van der Waals surface area contributed by atoms with E-state index in [-0.39, 0.29) is 17.3 Å². The standard InChI is InChI=1S/C23H28FNO3/c1-12(2)27-20-13(3)7-15(8-14(20)4)17-9-16-11-23(5,6)21(28-22(25)26)18(16)10-19(17)24/h7-10,12,21H,11H2,1-6H3,(H2,25,26)/t21-/m0/s1. The lowest BCUT2D eigenvalue weighted by Crippen LogP contribution is -2.25. The van der Waals surface area contributed by atoms with Gasteiger partial charge in [-0.15, -0.1) is 0 Å². The van der Waals surface area contributed by atoms with Crippen LogP contribution in [-0.4, -0.2) is 12.2 Å². The van der Waals surface area contributed by atoms with Gasteiger partial charge in [0, 0.05) is 11.0 Å². The van der Waals surface area contributed by atoms with E-state index in [9.17, 15) is 4.79 Å². The van der Waals surface area contributed by atoms with Crippen LogP contribution in [0.1, 0.15) is 56.1 Å². The number of aryl methyl sites for hydroxylation is 2. The average Bonchev–Trinajstić information content (AvgIpc) is 2.79. The Morgan fingerprint density at radius 1 is 1.18 bits per heavy atom. The number of benzene rings is 2. The number of nitrogens with two attached hydrogens (primary N) is 1. The number of rotatable bonds is 4. The zero-order valence-corrected chi connectivity index (χ0v) is 17.4. The molecule has 2 N–H and O–H groups in total. The molecule has 0 aliphatic heterocycles. The number of fused-ring (bicyclic) bond motifs is 1. The second-order valence-corrected chi connectivity index (χ2v) is 8.62. The molecule has 2 aromatic carbocycles. The Bertz CT molecular complexity index is 911. The minimum absolute atomic E-state index is 0.0735. The summed E-state index contributed by atoms with van der Waals surface area (Å²) in [4.78, 5) is 11.3. The Morgan fingerprint density at radius 2 is 1.79 bits per heavy atom. The summed E-state index contributed by atoms with van der Waals surface area (Å²) >= 11 is 0. The third kappa shape index (κ3) is 3.71. The number of carbonyl (C=O) groups is 1. The molecule has 4 nitrogen and oxygen atoms in total. The first-order valence-electron chi connectivity index (χ1n) is 9.56. The summed E-state index contributed by atoms with van der Waals surface area (Å²) in [6.45, 7) is 11.9. The molecule has 28 heavy (non-hydrogen) atoms. The van der Waals surface area contributed by atoms with Gasteiger partial charge in [-0.25, -0.2) is 9.18 Å². The highest BCUT2D eigenvalue weighted by Crippen LogP contribution is 2.49. The Morgan fingerprint density at radius 3 is 2.32 bits per heavy atom. The second-order valence-electron chi connectivity index (χ2n) is 8.62. The van der Waals surface area contributed by atoms with Crippen LogP contribution in [0.4, 0.5) is 9.18 Å². The van der Waals surface area contributed by atoms with Gasteiger partial charge < -0.3 is 15.2 Å². The van der Waals surface area contributed by atoms with Gasteiger partial charge in [0.2, 0.25) is 0 Å². The highest BCUT2D eigenvalue weighted by Gasteiger charge is 2.42. The quantitative estimate of drug-likeness (QED) is 0.743. The number of carbonyl (C=O) groups excluding carboxylic acids is 1. The van der Waals surface area contributed by atoms with Gasteiger partial charge in [-0.1, -0.05) is 13.8 Å². The Hall–Kier alpha value is -2.56. The molecule has 0 unspecified atom stereocenters. The van der Waals surface area contributed by atoms with Crippen molar-refractivity contribution >= 4 is 6.09 Å². The van der Waals surface area contributed by atoms with Crippen molar-refractivity contribution in [2.24, 2.45) is 11.1 Å². The van der Waals surface area contributed by atoms with Crippen LogP contribution in [0, 0.1) is 25.1 Å². The van der Waals surface area contributed by atoms with Gasteiger partial charge in [0.15, 0.2) is 0 Å². The van der Waals surface area contributed by atoms with Crippen molar-refractivity contribution in [3.63, 3.8) is 0 Å². The maximum atomic E-state index is 15.1. The van der Waals surface area contributed by atoms with Crippen LogP contribution in [0.2, 0.25) is 0 Å². The van der Waals surface area contributed by atoms with Crippen LogP contribution >= 0.6 is 0 Å². The van der Waals surface area contributed by atoms with Gasteiger partial charge in [0.25, 0.3) is 0 Å². The Labute approximate surface area is 165 Å². The van der Waals surface area contributed by atoms with Crippen molar-refractivity contribution in [3.8, 4) is 16.9 Å². The summed E-state index contributed by atoms with van der Waals surface area (Å²) < 4.78 is 26.3. The Balaban J connectivity index is 2.06. The first kappa shape index (κ1) is 20.2. The third-order valence-electron chi connectivity index (χ3n) is 5.23. The van der Waals surface area contributed by atoms with E-state index < -0.39 is 12.2 Å². The van der Waals surface area contributed by atoms with Crippen molar-refractivity contribution in [1.82, 2.24) is 0 Å². The zero-order valence-electron chi connectivity index (χ0n) is 17.4. The van der Waals surface area contributed by atoms with E-state index >= 15 is 4.39 Å². The van der Waals surface area contributed by atoms with Crippen LogP contribution in [0.5, 0.6) is 5.75 Å². The molecule has 1 aliphatic rings. The molecule has 0 heterocycles. The smallest absolute Gasteiger partial charge is 0.405 e. The molecule has 0 aromatic heterocycles. The number of hydrogen-bond donors (Lipinski definition) is 1. The lowest BCUT2D eigenvalue weighted by Gasteiger charge is -2.26. The minimum Gasteiger partial charge on any atom is -0.490 e. The first-order valence-corrected chi connectivity index (χ1v) is 9.56. The zero-order chi connectivity index (χ0) is 20.8. The molecule has 5 heteroatoms. The van der Waals surface area contributed by atoms with Crippen LogP contribution in [0.25, 0.3) is 11.1 Å². The summed E-state index contributed by atoms with van der Waals surface area (Å²) in [6, 6.07) is 7.25. The largest absolute Gasteiger partial charge is 0.490 e. The fraction of sp³-hybridized carbons (Fsp3) is 0.435.